The second-order valence-corrected chi connectivity index (χ2v) is 5.27. The third kappa shape index (κ3) is 2.92. The maximum Gasteiger partial charge on any atom is 0.254 e. The average Bonchev–Trinajstić information content (AvgIpc) is 3.00. The number of rotatable bonds is 2. The number of ether oxygens (including phenoxy) is 1. The summed E-state index contributed by atoms with van der Waals surface area (Å²) in [6.07, 6.45) is 1.65. The third-order valence-electron chi connectivity index (χ3n) is 3.43. The van der Waals surface area contributed by atoms with Crippen LogP contribution in [0.1, 0.15) is 24.2 Å². The second kappa shape index (κ2) is 5.61. The molecule has 0 radical (unpaired) electrons. The van der Waals surface area contributed by atoms with Gasteiger partial charge in [-0.15, -0.1) is 5.10 Å². The maximum atomic E-state index is 12.5. The van der Waals surface area contributed by atoms with Crippen molar-refractivity contribution in [2.24, 2.45) is 0 Å². The highest BCUT2D eigenvalue weighted by molar-refractivity contribution is 5.94. The van der Waals surface area contributed by atoms with Crippen LogP contribution in [0.2, 0.25) is 0 Å². The van der Waals surface area contributed by atoms with Gasteiger partial charge >= 0.3 is 0 Å². The Kier molecular flexibility index (Phi) is 3.66. The molecule has 1 aromatic heterocycles. The molecule has 0 spiro atoms. The molecular weight excluding hydrogens is 270 g/mol. The fourth-order valence-corrected chi connectivity index (χ4v) is 2.56. The van der Waals surface area contributed by atoms with E-state index >= 15 is 0 Å². The monoisotopic (exact) mass is 287 g/mol. The van der Waals surface area contributed by atoms with Gasteiger partial charge in [-0.2, -0.15) is 0 Å². The van der Waals surface area contributed by atoms with Gasteiger partial charge in [0.05, 0.1) is 17.9 Å². The van der Waals surface area contributed by atoms with E-state index in [1.54, 1.807) is 16.8 Å². The summed E-state index contributed by atoms with van der Waals surface area (Å²) in [7, 11) is 0. The minimum atomic E-state index is 0.0280. The van der Waals surface area contributed by atoms with Crippen LogP contribution in [-0.4, -0.2) is 56.3 Å². The summed E-state index contributed by atoms with van der Waals surface area (Å²) >= 11 is 0. The predicted molar refractivity (Wildman–Crippen MR) is 75.1 cm³/mol. The standard InChI is InChI=1S/C14H17N5O2/c1-10-7-18(8-11(2)21-10)14(20)12-3-5-13(6-4-12)19-9-15-16-17-19/h3-6,9-11H,7-8H2,1-2H3/t10-,11-/m1/s1. The summed E-state index contributed by atoms with van der Waals surface area (Å²) < 4.78 is 7.20. The van der Waals surface area contributed by atoms with Crippen molar-refractivity contribution in [3.63, 3.8) is 0 Å². The summed E-state index contributed by atoms with van der Waals surface area (Å²) in [5.74, 6) is 0.0280. The largest absolute Gasteiger partial charge is 0.372 e. The molecule has 0 saturated carbocycles. The van der Waals surface area contributed by atoms with E-state index in [4.69, 9.17) is 4.74 Å². The first kappa shape index (κ1) is 13.7. The van der Waals surface area contributed by atoms with E-state index < -0.39 is 0 Å². The van der Waals surface area contributed by atoms with Gasteiger partial charge in [0.25, 0.3) is 5.91 Å². The zero-order valence-electron chi connectivity index (χ0n) is 12.0. The number of nitrogens with zero attached hydrogens (tertiary/aromatic N) is 5. The number of hydrogen-bond acceptors (Lipinski definition) is 5. The summed E-state index contributed by atoms with van der Waals surface area (Å²) in [6, 6.07) is 7.25. The van der Waals surface area contributed by atoms with Crippen molar-refractivity contribution in [2.45, 2.75) is 26.1 Å². The van der Waals surface area contributed by atoms with Crippen LogP contribution in [0.25, 0.3) is 5.69 Å². The molecule has 1 aliphatic heterocycles. The molecule has 2 heterocycles. The van der Waals surface area contributed by atoms with Crippen LogP contribution in [0.3, 0.4) is 0 Å². The number of aromatic nitrogens is 4. The molecule has 110 valence electrons. The lowest BCUT2D eigenvalue weighted by molar-refractivity contribution is -0.0586. The van der Waals surface area contributed by atoms with Gasteiger partial charge in [-0.3, -0.25) is 4.79 Å². The van der Waals surface area contributed by atoms with Crippen molar-refractivity contribution in [1.82, 2.24) is 25.1 Å². The van der Waals surface area contributed by atoms with Gasteiger partial charge in [-0.05, 0) is 48.5 Å². The van der Waals surface area contributed by atoms with E-state index in [1.165, 1.54) is 6.33 Å². The zero-order chi connectivity index (χ0) is 14.8. The molecular formula is C14H17N5O2. The highest BCUT2D eigenvalue weighted by Crippen LogP contribution is 2.15. The van der Waals surface area contributed by atoms with E-state index in [0.717, 1.165) is 5.69 Å². The van der Waals surface area contributed by atoms with Gasteiger partial charge < -0.3 is 9.64 Å². The lowest BCUT2D eigenvalue weighted by Crippen LogP contribution is -2.48. The Labute approximate surface area is 122 Å². The Hall–Kier alpha value is -2.28. The molecule has 1 fully saturated rings. The molecule has 2 atom stereocenters. The van der Waals surface area contributed by atoms with Crippen LogP contribution < -0.4 is 0 Å². The van der Waals surface area contributed by atoms with E-state index in [-0.39, 0.29) is 18.1 Å². The van der Waals surface area contributed by atoms with Crippen molar-refractivity contribution < 1.29 is 9.53 Å². The number of benzene rings is 1. The Morgan fingerprint density at radius 2 is 1.86 bits per heavy atom. The van der Waals surface area contributed by atoms with Crippen molar-refractivity contribution in [3.8, 4) is 5.69 Å². The molecule has 0 aliphatic carbocycles. The maximum absolute atomic E-state index is 12.5. The van der Waals surface area contributed by atoms with Gasteiger partial charge in [0.1, 0.15) is 6.33 Å². The smallest absolute Gasteiger partial charge is 0.254 e. The molecule has 3 rings (SSSR count). The minimum absolute atomic E-state index is 0.0280. The van der Waals surface area contributed by atoms with Crippen molar-refractivity contribution in [3.05, 3.63) is 36.2 Å². The lowest BCUT2D eigenvalue weighted by Gasteiger charge is -2.35. The SMILES string of the molecule is C[C@@H]1CN(C(=O)c2ccc(-n3cnnn3)cc2)C[C@@H](C)O1. The van der Waals surface area contributed by atoms with E-state index in [9.17, 15) is 4.79 Å². The molecule has 2 aromatic rings. The topological polar surface area (TPSA) is 73.1 Å². The van der Waals surface area contributed by atoms with E-state index in [1.807, 2.05) is 30.9 Å². The molecule has 1 aromatic carbocycles. The van der Waals surface area contributed by atoms with Crippen molar-refractivity contribution >= 4 is 5.91 Å². The summed E-state index contributed by atoms with van der Waals surface area (Å²) in [5, 5.41) is 11.0. The number of hydrogen-bond donors (Lipinski definition) is 0. The third-order valence-corrected chi connectivity index (χ3v) is 3.43. The quantitative estimate of drug-likeness (QED) is 0.821. The summed E-state index contributed by atoms with van der Waals surface area (Å²) in [5.41, 5.74) is 1.48. The molecule has 1 amide bonds. The molecule has 21 heavy (non-hydrogen) atoms. The minimum Gasteiger partial charge on any atom is -0.372 e. The number of carbonyl (C=O) groups is 1. The van der Waals surface area contributed by atoms with Crippen LogP contribution in [-0.2, 0) is 4.74 Å². The van der Waals surface area contributed by atoms with E-state index in [2.05, 4.69) is 15.5 Å². The van der Waals surface area contributed by atoms with Crippen LogP contribution in [0.15, 0.2) is 30.6 Å². The Balaban J connectivity index is 1.76. The molecule has 7 heteroatoms. The first-order valence-electron chi connectivity index (χ1n) is 6.91. The highest BCUT2D eigenvalue weighted by Gasteiger charge is 2.26. The van der Waals surface area contributed by atoms with Crippen LogP contribution in [0.4, 0.5) is 0 Å². The van der Waals surface area contributed by atoms with Crippen molar-refractivity contribution in [2.75, 3.05) is 13.1 Å². The average molecular weight is 287 g/mol. The molecule has 0 unspecified atom stereocenters. The van der Waals surface area contributed by atoms with Gasteiger partial charge in [-0.25, -0.2) is 4.68 Å². The fraction of sp³-hybridized carbons (Fsp3) is 0.429. The van der Waals surface area contributed by atoms with Gasteiger partial charge in [0, 0.05) is 18.7 Å². The normalized spacial score (nSPS) is 22.3. The molecule has 0 N–H and O–H groups in total. The fourth-order valence-electron chi connectivity index (χ4n) is 2.56. The number of amides is 1. The van der Waals surface area contributed by atoms with Gasteiger partial charge in [0.15, 0.2) is 0 Å². The van der Waals surface area contributed by atoms with Crippen molar-refractivity contribution in [1.29, 1.82) is 0 Å². The lowest BCUT2D eigenvalue weighted by atomic mass is 10.1. The first-order valence-corrected chi connectivity index (χ1v) is 6.91. The van der Waals surface area contributed by atoms with Crippen LogP contribution in [0, 0.1) is 0 Å². The Morgan fingerprint density at radius 1 is 1.19 bits per heavy atom. The molecule has 1 saturated heterocycles. The number of carbonyl (C=O) groups excluding carboxylic acids is 1. The number of tetrazole rings is 1. The highest BCUT2D eigenvalue weighted by atomic mass is 16.5. The summed E-state index contributed by atoms with van der Waals surface area (Å²) in [4.78, 5) is 14.4. The van der Waals surface area contributed by atoms with Gasteiger partial charge in [-0.1, -0.05) is 0 Å². The first-order chi connectivity index (χ1) is 10.1. The zero-order valence-corrected chi connectivity index (χ0v) is 12.0. The Morgan fingerprint density at radius 3 is 2.43 bits per heavy atom. The molecule has 1 aliphatic rings. The predicted octanol–water partition coefficient (Wildman–Crippen LogP) is 0.912. The molecule has 0 bridgehead atoms. The second-order valence-electron chi connectivity index (χ2n) is 5.27. The van der Waals surface area contributed by atoms with Crippen LogP contribution >= 0.6 is 0 Å². The van der Waals surface area contributed by atoms with Crippen LogP contribution in [0.5, 0.6) is 0 Å². The van der Waals surface area contributed by atoms with Gasteiger partial charge in [0.2, 0.25) is 0 Å². The van der Waals surface area contributed by atoms with E-state index in [0.29, 0.717) is 18.7 Å². The number of morpholine rings is 1. The molecule has 7 nitrogen and oxygen atoms in total. The summed E-state index contributed by atoms with van der Waals surface area (Å²) in [6.45, 7) is 5.21. The Bertz CT molecular complexity index is 601.